The molecule has 1 aromatic rings. The first-order valence-electron chi connectivity index (χ1n) is 3.72. The first-order valence-corrected chi connectivity index (χ1v) is 3.72. The van der Waals surface area contributed by atoms with Crippen molar-refractivity contribution < 1.29 is 23.6 Å². The fourth-order valence-electron chi connectivity index (χ4n) is 0.938. The third kappa shape index (κ3) is 2.06. The molecule has 1 N–H and O–H groups in total. The summed E-state index contributed by atoms with van der Waals surface area (Å²) in [6, 6.07) is 3.36. The Balaban J connectivity index is 3.21. The molecule has 1 rings (SSSR count). The van der Waals surface area contributed by atoms with E-state index in [2.05, 4.69) is 0 Å². The summed E-state index contributed by atoms with van der Waals surface area (Å²) in [7, 11) is 0. The van der Waals surface area contributed by atoms with Crippen LogP contribution in [0, 0.1) is 10.1 Å². The Labute approximate surface area is 82.1 Å². The minimum Gasteiger partial charge on any atom is -0.477 e. The molecule has 0 saturated heterocycles. The number of nitro benzene ring substituents is 1. The lowest BCUT2D eigenvalue weighted by Crippen LogP contribution is -2.25. The summed E-state index contributed by atoms with van der Waals surface area (Å²) in [6.45, 7) is 0. The van der Waals surface area contributed by atoms with Crippen LogP contribution in [-0.4, -0.2) is 16.0 Å². The molecule has 0 heterocycles. The number of non-ortho nitro benzene ring substituents is 1. The smallest absolute Gasteiger partial charge is 0.379 e. The van der Waals surface area contributed by atoms with Gasteiger partial charge in [0.1, 0.15) is 0 Å². The summed E-state index contributed by atoms with van der Waals surface area (Å²) < 4.78 is 25.8. The van der Waals surface area contributed by atoms with Crippen LogP contribution in [0.25, 0.3) is 0 Å². The standard InChI is InChI=1S/C8H5F2NO4/c9-8(10,7(12)13)5-2-1-3-6(4-5)11(14)15/h1-4H,(H,12,13). The Kier molecular flexibility index (Phi) is 2.65. The highest BCUT2D eigenvalue weighted by atomic mass is 19.3. The molecule has 0 amide bonds. The number of hydrogen-bond acceptors (Lipinski definition) is 3. The first kappa shape index (κ1) is 11.0. The van der Waals surface area contributed by atoms with Gasteiger partial charge in [-0.15, -0.1) is 0 Å². The first-order chi connectivity index (χ1) is 6.85. The van der Waals surface area contributed by atoms with Crippen molar-refractivity contribution >= 4 is 11.7 Å². The van der Waals surface area contributed by atoms with E-state index in [-0.39, 0.29) is 0 Å². The fourth-order valence-corrected chi connectivity index (χ4v) is 0.938. The van der Waals surface area contributed by atoms with Crippen molar-refractivity contribution in [3.63, 3.8) is 0 Å². The van der Waals surface area contributed by atoms with Crippen LogP contribution in [0.5, 0.6) is 0 Å². The number of carboxylic acid groups (broad SMARTS) is 1. The van der Waals surface area contributed by atoms with E-state index in [4.69, 9.17) is 5.11 Å². The molecule has 0 radical (unpaired) electrons. The summed E-state index contributed by atoms with van der Waals surface area (Å²) in [5.41, 5.74) is -1.49. The largest absolute Gasteiger partial charge is 0.477 e. The van der Waals surface area contributed by atoms with Gasteiger partial charge < -0.3 is 5.11 Å². The summed E-state index contributed by atoms with van der Waals surface area (Å²) >= 11 is 0. The van der Waals surface area contributed by atoms with Crippen LogP contribution in [0.4, 0.5) is 14.5 Å². The molecule has 0 aliphatic carbocycles. The third-order valence-electron chi connectivity index (χ3n) is 1.69. The Morgan fingerprint density at radius 3 is 2.53 bits per heavy atom. The van der Waals surface area contributed by atoms with Crippen molar-refractivity contribution in [2.45, 2.75) is 5.92 Å². The molecule has 0 aliphatic heterocycles. The lowest BCUT2D eigenvalue weighted by Gasteiger charge is -2.10. The molecular formula is C8H5F2NO4. The van der Waals surface area contributed by atoms with Crippen LogP contribution >= 0.6 is 0 Å². The van der Waals surface area contributed by atoms with Crippen molar-refractivity contribution in [2.75, 3.05) is 0 Å². The maximum absolute atomic E-state index is 12.9. The fraction of sp³-hybridized carbons (Fsp3) is 0.125. The van der Waals surface area contributed by atoms with E-state index in [1.54, 1.807) is 0 Å². The van der Waals surface area contributed by atoms with Crippen LogP contribution in [-0.2, 0) is 10.7 Å². The number of rotatable bonds is 3. The monoisotopic (exact) mass is 217 g/mol. The van der Waals surface area contributed by atoms with E-state index in [1.807, 2.05) is 0 Å². The quantitative estimate of drug-likeness (QED) is 0.617. The summed E-state index contributed by atoms with van der Waals surface area (Å²) in [4.78, 5) is 19.6. The second kappa shape index (κ2) is 3.60. The van der Waals surface area contributed by atoms with E-state index < -0.39 is 28.1 Å². The molecule has 7 heteroatoms. The van der Waals surface area contributed by atoms with Gasteiger partial charge in [0.2, 0.25) is 0 Å². The van der Waals surface area contributed by atoms with Gasteiger partial charge in [0.05, 0.1) is 4.92 Å². The highest BCUT2D eigenvalue weighted by Gasteiger charge is 2.41. The normalized spacial score (nSPS) is 11.1. The van der Waals surface area contributed by atoms with Crippen LogP contribution in [0.15, 0.2) is 24.3 Å². The summed E-state index contributed by atoms with van der Waals surface area (Å²) in [5.74, 6) is -6.46. The zero-order valence-electron chi connectivity index (χ0n) is 7.18. The molecule has 0 fully saturated rings. The van der Waals surface area contributed by atoms with Crippen LogP contribution in [0.1, 0.15) is 5.56 Å². The van der Waals surface area contributed by atoms with Gasteiger partial charge >= 0.3 is 11.9 Å². The Bertz CT molecular complexity index is 419. The van der Waals surface area contributed by atoms with E-state index in [9.17, 15) is 23.7 Å². The predicted octanol–water partition coefficient (Wildman–Crippen LogP) is 1.77. The van der Waals surface area contributed by atoms with Gasteiger partial charge in [-0.05, 0) is 0 Å². The van der Waals surface area contributed by atoms with E-state index in [0.717, 1.165) is 18.2 Å². The number of alkyl halides is 2. The lowest BCUT2D eigenvalue weighted by atomic mass is 10.1. The van der Waals surface area contributed by atoms with Gasteiger partial charge in [0.15, 0.2) is 0 Å². The van der Waals surface area contributed by atoms with Crippen molar-refractivity contribution in [2.24, 2.45) is 0 Å². The summed E-state index contributed by atoms with van der Waals surface area (Å²) in [5, 5.41) is 18.5. The minimum atomic E-state index is -4.12. The Morgan fingerprint density at radius 1 is 1.47 bits per heavy atom. The molecule has 0 bridgehead atoms. The zero-order chi connectivity index (χ0) is 11.6. The SMILES string of the molecule is O=C(O)C(F)(F)c1cccc([N+](=O)[O-])c1. The lowest BCUT2D eigenvalue weighted by molar-refractivity contribution is -0.385. The number of halogens is 2. The number of benzene rings is 1. The van der Waals surface area contributed by atoms with E-state index in [1.165, 1.54) is 0 Å². The van der Waals surface area contributed by atoms with Crippen molar-refractivity contribution in [1.29, 1.82) is 0 Å². The number of carboxylic acids is 1. The molecule has 15 heavy (non-hydrogen) atoms. The third-order valence-corrected chi connectivity index (χ3v) is 1.69. The minimum absolute atomic E-state index is 0.536. The highest BCUT2D eigenvalue weighted by Crippen LogP contribution is 2.30. The molecule has 80 valence electrons. The van der Waals surface area contributed by atoms with Crippen molar-refractivity contribution in [3.8, 4) is 0 Å². The van der Waals surface area contributed by atoms with Gasteiger partial charge in [0, 0.05) is 17.7 Å². The highest BCUT2D eigenvalue weighted by molar-refractivity contribution is 5.77. The molecule has 0 spiro atoms. The Morgan fingerprint density at radius 2 is 2.07 bits per heavy atom. The van der Waals surface area contributed by atoms with Crippen LogP contribution < -0.4 is 0 Å². The van der Waals surface area contributed by atoms with Crippen molar-refractivity contribution in [3.05, 3.63) is 39.9 Å². The van der Waals surface area contributed by atoms with Crippen molar-refractivity contribution in [1.82, 2.24) is 0 Å². The van der Waals surface area contributed by atoms with Gasteiger partial charge in [-0.2, -0.15) is 8.78 Å². The summed E-state index contributed by atoms with van der Waals surface area (Å²) in [6.07, 6.45) is 0. The number of aliphatic carboxylic acids is 1. The Hall–Kier alpha value is -2.05. The molecular weight excluding hydrogens is 212 g/mol. The van der Waals surface area contributed by atoms with Gasteiger partial charge in [-0.1, -0.05) is 12.1 Å². The number of hydrogen-bond donors (Lipinski definition) is 1. The van der Waals surface area contributed by atoms with Gasteiger partial charge in [0.25, 0.3) is 5.69 Å². The maximum Gasteiger partial charge on any atom is 0.379 e. The van der Waals surface area contributed by atoms with Gasteiger partial charge in [-0.3, -0.25) is 10.1 Å². The molecule has 0 unspecified atom stereocenters. The number of nitro groups is 1. The van der Waals surface area contributed by atoms with Crippen LogP contribution in [0.2, 0.25) is 0 Å². The van der Waals surface area contributed by atoms with Gasteiger partial charge in [-0.25, -0.2) is 4.79 Å². The molecule has 5 nitrogen and oxygen atoms in total. The van der Waals surface area contributed by atoms with E-state index in [0.29, 0.717) is 6.07 Å². The average molecular weight is 217 g/mol. The predicted molar refractivity (Wildman–Crippen MR) is 44.6 cm³/mol. The average Bonchev–Trinajstić information content (AvgIpc) is 2.17. The van der Waals surface area contributed by atoms with E-state index >= 15 is 0 Å². The molecule has 1 aromatic carbocycles. The second-order valence-electron chi connectivity index (χ2n) is 2.69. The topological polar surface area (TPSA) is 80.4 Å². The molecule has 0 aromatic heterocycles. The molecule has 0 aliphatic rings. The zero-order valence-corrected chi connectivity index (χ0v) is 7.18. The second-order valence-corrected chi connectivity index (χ2v) is 2.69. The number of nitrogens with zero attached hydrogens (tertiary/aromatic N) is 1. The molecule has 0 saturated carbocycles. The maximum atomic E-state index is 12.9. The number of carbonyl (C=O) groups is 1. The van der Waals surface area contributed by atoms with Crippen LogP contribution in [0.3, 0.4) is 0 Å². The molecule has 0 atom stereocenters.